The summed E-state index contributed by atoms with van der Waals surface area (Å²) >= 11 is 5.79. The second-order valence-corrected chi connectivity index (χ2v) is 6.53. The third kappa shape index (κ3) is 3.74. The molecule has 0 radical (unpaired) electrons. The Morgan fingerprint density at radius 1 is 1.41 bits per heavy atom. The van der Waals surface area contributed by atoms with E-state index in [-0.39, 0.29) is 41.4 Å². The summed E-state index contributed by atoms with van der Waals surface area (Å²) in [5.41, 5.74) is -3.41. The van der Waals surface area contributed by atoms with E-state index >= 15 is 4.39 Å². The lowest BCUT2D eigenvalue weighted by atomic mass is 9.81. The predicted octanol–water partition coefficient (Wildman–Crippen LogP) is 3.46. The highest BCUT2D eigenvalue weighted by Crippen LogP contribution is 2.42. The quantitative estimate of drug-likeness (QED) is 0.770. The Hall–Kier alpha value is -2.26. The molecule has 0 saturated carbocycles. The van der Waals surface area contributed by atoms with Crippen LogP contribution in [-0.4, -0.2) is 21.0 Å². The lowest BCUT2D eigenvalue weighted by molar-refractivity contribution is -0.138. The Morgan fingerprint density at radius 2 is 2.15 bits per heavy atom. The zero-order chi connectivity index (χ0) is 19.8. The van der Waals surface area contributed by atoms with Gasteiger partial charge in [0.25, 0.3) is 5.91 Å². The molecule has 5 nitrogen and oxygen atoms in total. The number of hydrogen-bond acceptors (Lipinski definition) is 4. The third-order valence-electron chi connectivity index (χ3n) is 4.36. The molecule has 2 heterocycles. The molecule has 1 amide bonds. The number of alkyl halides is 4. The van der Waals surface area contributed by atoms with Crippen LogP contribution in [0.1, 0.15) is 41.5 Å². The first-order valence-electron chi connectivity index (χ1n) is 7.95. The Balaban J connectivity index is 1.78. The first-order valence-corrected chi connectivity index (χ1v) is 8.33. The summed E-state index contributed by atoms with van der Waals surface area (Å²) in [6, 6.07) is 3.51. The zero-order valence-electron chi connectivity index (χ0n) is 13.7. The van der Waals surface area contributed by atoms with E-state index in [0.29, 0.717) is 12.3 Å². The summed E-state index contributed by atoms with van der Waals surface area (Å²) in [5.74, 6) is -0.999. The number of nitrogens with one attached hydrogen (secondary N) is 1. The van der Waals surface area contributed by atoms with Crippen molar-refractivity contribution in [2.45, 2.75) is 37.3 Å². The van der Waals surface area contributed by atoms with Crippen LogP contribution in [0.3, 0.4) is 0 Å². The van der Waals surface area contributed by atoms with Gasteiger partial charge in [-0.1, -0.05) is 17.7 Å². The van der Waals surface area contributed by atoms with E-state index in [1.54, 1.807) is 0 Å². The molecule has 10 heteroatoms. The van der Waals surface area contributed by atoms with Crippen molar-refractivity contribution in [2.24, 2.45) is 0 Å². The first kappa shape index (κ1) is 19.5. The molecule has 27 heavy (non-hydrogen) atoms. The number of halogens is 5. The Bertz CT molecular complexity index is 877. The van der Waals surface area contributed by atoms with Gasteiger partial charge in [0.2, 0.25) is 5.67 Å². The maximum absolute atomic E-state index is 15.4. The van der Waals surface area contributed by atoms with Crippen LogP contribution in [0.25, 0.3) is 0 Å². The normalized spacial score (nSPS) is 22.2. The predicted molar refractivity (Wildman–Crippen MR) is 87.3 cm³/mol. The van der Waals surface area contributed by atoms with Gasteiger partial charge in [0.1, 0.15) is 0 Å². The summed E-state index contributed by atoms with van der Waals surface area (Å²) in [6.07, 6.45) is -3.84. The third-order valence-corrected chi connectivity index (χ3v) is 4.69. The molecule has 0 saturated heterocycles. The fourth-order valence-electron chi connectivity index (χ4n) is 2.92. The molecule has 0 aliphatic heterocycles. The van der Waals surface area contributed by atoms with E-state index in [1.165, 1.54) is 18.3 Å². The van der Waals surface area contributed by atoms with Gasteiger partial charge in [-0.15, -0.1) is 0 Å². The standard InChI is InChI=1S/C17H14ClF4N3O2/c18-11-6-9(17(20,21)22)7-24-12(11)8-25-15(27)16(19)4-3-13(26)14-10(16)2-1-5-23-14/h1-2,5-7,13,26H,3-4,8H2,(H,25,27). The van der Waals surface area contributed by atoms with E-state index in [0.717, 1.165) is 0 Å². The maximum atomic E-state index is 15.4. The summed E-state index contributed by atoms with van der Waals surface area (Å²) in [7, 11) is 0. The van der Waals surface area contributed by atoms with Crippen LogP contribution in [0.4, 0.5) is 17.6 Å². The molecule has 144 valence electrons. The van der Waals surface area contributed by atoms with Gasteiger partial charge in [-0.05, 0) is 25.0 Å². The molecule has 0 aromatic carbocycles. The number of nitrogens with zero attached hydrogens (tertiary/aromatic N) is 2. The SMILES string of the molecule is O=C(NCc1ncc(C(F)(F)F)cc1Cl)C1(F)CCC(O)c2ncccc21. The smallest absolute Gasteiger partial charge is 0.387 e. The largest absolute Gasteiger partial charge is 0.417 e. The number of hydrogen-bond donors (Lipinski definition) is 2. The van der Waals surface area contributed by atoms with Crippen LogP contribution in [0, 0.1) is 0 Å². The minimum absolute atomic E-state index is 0.00716. The average molecular weight is 404 g/mol. The highest BCUT2D eigenvalue weighted by atomic mass is 35.5. The monoisotopic (exact) mass is 403 g/mol. The molecule has 2 N–H and O–H groups in total. The van der Waals surface area contributed by atoms with Crippen molar-refractivity contribution >= 4 is 17.5 Å². The van der Waals surface area contributed by atoms with E-state index in [2.05, 4.69) is 15.3 Å². The number of amides is 1. The highest BCUT2D eigenvalue weighted by molar-refractivity contribution is 6.31. The number of carbonyl (C=O) groups excluding carboxylic acids is 1. The summed E-state index contributed by atoms with van der Waals surface area (Å²) in [4.78, 5) is 20.0. The van der Waals surface area contributed by atoms with Crippen molar-refractivity contribution in [3.8, 4) is 0 Å². The van der Waals surface area contributed by atoms with Gasteiger partial charge in [0, 0.05) is 18.0 Å². The maximum Gasteiger partial charge on any atom is 0.417 e. The van der Waals surface area contributed by atoms with Gasteiger partial charge >= 0.3 is 6.18 Å². The molecular weight excluding hydrogens is 390 g/mol. The van der Waals surface area contributed by atoms with Gasteiger partial charge in [0.05, 0.1) is 34.6 Å². The lowest BCUT2D eigenvalue weighted by Gasteiger charge is -2.32. The highest BCUT2D eigenvalue weighted by Gasteiger charge is 2.46. The Kier molecular flexibility index (Phi) is 5.09. The van der Waals surface area contributed by atoms with Crippen molar-refractivity contribution in [1.82, 2.24) is 15.3 Å². The van der Waals surface area contributed by atoms with Crippen LogP contribution in [0.5, 0.6) is 0 Å². The van der Waals surface area contributed by atoms with E-state index < -0.39 is 29.4 Å². The molecule has 1 aliphatic rings. The van der Waals surface area contributed by atoms with Crippen LogP contribution in [0.15, 0.2) is 30.6 Å². The van der Waals surface area contributed by atoms with Gasteiger partial charge in [0.15, 0.2) is 0 Å². The fourth-order valence-corrected chi connectivity index (χ4v) is 3.15. The number of aromatic nitrogens is 2. The Labute approximate surface area is 156 Å². The van der Waals surface area contributed by atoms with Crippen LogP contribution in [-0.2, 0) is 23.2 Å². The topological polar surface area (TPSA) is 75.1 Å². The second-order valence-electron chi connectivity index (χ2n) is 6.12. The fraction of sp³-hybridized carbons (Fsp3) is 0.353. The minimum Gasteiger partial charge on any atom is -0.387 e. The van der Waals surface area contributed by atoms with Crippen LogP contribution < -0.4 is 5.32 Å². The molecule has 2 aromatic rings. The van der Waals surface area contributed by atoms with Crippen molar-refractivity contribution < 1.29 is 27.5 Å². The summed E-state index contributed by atoms with van der Waals surface area (Å²) in [5, 5.41) is 12.0. The number of rotatable bonds is 3. The molecule has 2 atom stereocenters. The van der Waals surface area contributed by atoms with Crippen molar-refractivity contribution in [1.29, 1.82) is 0 Å². The minimum atomic E-state index is -4.60. The zero-order valence-corrected chi connectivity index (χ0v) is 14.5. The second kappa shape index (κ2) is 7.05. The Morgan fingerprint density at radius 3 is 2.81 bits per heavy atom. The molecule has 0 spiro atoms. The van der Waals surface area contributed by atoms with E-state index in [9.17, 15) is 23.1 Å². The molecule has 3 rings (SSSR count). The summed E-state index contributed by atoms with van der Waals surface area (Å²) in [6.45, 7) is -0.348. The first-order chi connectivity index (χ1) is 12.6. The molecule has 0 bridgehead atoms. The van der Waals surface area contributed by atoms with Crippen molar-refractivity contribution in [2.75, 3.05) is 0 Å². The molecular formula is C17H14ClF4N3O2. The number of pyridine rings is 2. The van der Waals surface area contributed by atoms with Crippen molar-refractivity contribution in [3.05, 3.63) is 58.1 Å². The van der Waals surface area contributed by atoms with Gasteiger partial charge < -0.3 is 10.4 Å². The summed E-state index contributed by atoms with van der Waals surface area (Å²) < 4.78 is 53.3. The number of aliphatic hydroxyl groups excluding tert-OH is 1. The molecule has 2 aromatic heterocycles. The van der Waals surface area contributed by atoms with Gasteiger partial charge in [-0.3, -0.25) is 14.8 Å². The number of fused-ring (bicyclic) bond motifs is 1. The van der Waals surface area contributed by atoms with Gasteiger partial charge in [-0.25, -0.2) is 4.39 Å². The molecule has 2 unspecified atom stereocenters. The number of carbonyl (C=O) groups is 1. The molecule has 1 aliphatic carbocycles. The van der Waals surface area contributed by atoms with Crippen molar-refractivity contribution in [3.63, 3.8) is 0 Å². The van der Waals surface area contributed by atoms with Crippen LogP contribution in [0.2, 0.25) is 5.02 Å². The average Bonchev–Trinajstić information content (AvgIpc) is 2.63. The number of aliphatic hydroxyl groups is 1. The van der Waals surface area contributed by atoms with Crippen LogP contribution >= 0.6 is 11.6 Å². The molecule has 0 fully saturated rings. The lowest BCUT2D eigenvalue weighted by Crippen LogP contribution is -2.44. The van der Waals surface area contributed by atoms with E-state index in [4.69, 9.17) is 11.6 Å². The van der Waals surface area contributed by atoms with E-state index in [1.807, 2.05) is 0 Å². The van der Waals surface area contributed by atoms with Gasteiger partial charge in [-0.2, -0.15) is 13.2 Å².